The minimum atomic E-state index is -4.09. The summed E-state index contributed by atoms with van der Waals surface area (Å²) in [6.45, 7) is 0. The number of sulfonamides is 1. The lowest BCUT2D eigenvalue weighted by Crippen LogP contribution is -2.17. The Morgan fingerprint density at radius 2 is 1.63 bits per heavy atom. The Balaban J connectivity index is 1.88. The molecule has 10 heteroatoms. The van der Waals surface area contributed by atoms with Crippen molar-refractivity contribution in [3.8, 4) is 0 Å². The summed E-state index contributed by atoms with van der Waals surface area (Å²) in [7, 11) is -4.09. The SMILES string of the molecule is O=C(Nc1cccc(Cl)c1)c1sccc1NS(=O)(=O)c1c(Cl)cccc1Cl. The average Bonchev–Trinajstić information content (AvgIpc) is 3.02. The normalized spacial score (nSPS) is 11.2. The number of anilines is 2. The highest BCUT2D eigenvalue weighted by Gasteiger charge is 2.24. The third-order valence-corrected chi connectivity index (χ3v) is 6.85. The van der Waals surface area contributed by atoms with E-state index in [1.807, 2.05) is 0 Å². The number of hydrogen-bond acceptors (Lipinski definition) is 4. The average molecular weight is 462 g/mol. The molecule has 3 aromatic rings. The summed E-state index contributed by atoms with van der Waals surface area (Å²) in [6.07, 6.45) is 0. The van der Waals surface area contributed by atoms with Gasteiger partial charge >= 0.3 is 0 Å². The van der Waals surface area contributed by atoms with Crippen LogP contribution in [0.4, 0.5) is 11.4 Å². The second kappa shape index (κ2) is 8.08. The fraction of sp³-hybridized carbons (Fsp3) is 0. The van der Waals surface area contributed by atoms with Gasteiger partial charge in [0.25, 0.3) is 15.9 Å². The van der Waals surface area contributed by atoms with E-state index in [-0.39, 0.29) is 25.5 Å². The van der Waals surface area contributed by atoms with Gasteiger partial charge in [0.1, 0.15) is 9.77 Å². The molecule has 0 bridgehead atoms. The number of rotatable bonds is 5. The molecule has 3 rings (SSSR count). The molecule has 0 radical (unpaired) electrons. The van der Waals surface area contributed by atoms with E-state index < -0.39 is 15.9 Å². The zero-order chi connectivity index (χ0) is 19.6. The van der Waals surface area contributed by atoms with Gasteiger partial charge in [-0.3, -0.25) is 9.52 Å². The summed E-state index contributed by atoms with van der Waals surface area (Å²) in [5.74, 6) is -0.477. The number of thiophene rings is 1. The number of halogens is 3. The van der Waals surface area contributed by atoms with Crippen LogP contribution in [-0.4, -0.2) is 14.3 Å². The lowest BCUT2D eigenvalue weighted by molar-refractivity contribution is 0.103. The first-order valence-electron chi connectivity index (χ1n) is 7.39. The zero-order valence-electron chi connectivity index (χ0n) is 13.4. The predicted molar refractivity (Wildman–Crippen MR) is 111 cm³/mol. The van der Waals surface area contributed by atoms with Crippen molar-refractivity contribution in [1.29, 1.82) is 0 Å². The molecule has 0 aliphatic heterocycles. The minimum Gasteiger partial charge on any atom is -0.321 e. The second-order valence-corrected chi connectivity index (χ2v) is 9.07. The van der Waals surface area contributed by atoms with Crippen LogP contribution in [-0.2, 0) is 10.0 Å². The maximum atomic E-state index is 12.7. The summed E-state index contributed by atoms with van der Waals surface area (Å²) in [5.41, 5.74) is 0.611. The smallest absolute Gasteiger partial charge is 0.267 e. The molecule has 5 nitrogen and oxygen atoms in total. The number of carbonyl (C=O) groups is 1. The topological polar surface area (TPSA) is 75.3 Å². The van der Waals surface area contributed by atoms with Crippen LogP contribution in [0.1, 0.15) is 9.67 Å². The first kappa shape index (κ1) is 20.0. The first-order valence-corrected chi connectivity index (χ1v) is 10.9. The third kappa shape index (κ3) is 4.56. The highest BCUT2D eigenvalue weighted by molar-refractivity contribution is 7.93. The van der Waals surface area contributed by atoms with Crippen molar-refractivity contribution in [2.45, 2.75) is 4.90 Å². The largest absolute Gasteiger partial charge is 0.321 e. The van der Waals surface area contributed by atoms with Crippen LogP contribution in [0, 0.1) is 0 Å². The molecule has 0 saturated carbocycles. The fourth-order valence-corrected chi connectivity index (χ4v) is 5.47. The van der Waals surface area contributed by atoms with Crippen molar-refractivity contribution in [2.75, 3.05) is 10.0 Å². The molecule has 1 heterocycles. The van der Waals surface area contributed by atoms with Crippen LogP contribution in [0.2, 0.25) is 15.1 Å². The molecule has 2 N–H and O–H groups in total. The van der Waals surface area contributed by atoms with E-state index in [9.17, 15) is 13.2 Å². The van der Waals surface area contributed by atoms with Crippen LogP contribution in [0.15, 0.2) is 58.8 Å². The van der Waals surface area contributed by atoms with Gasteiger partial charge in [-0.2, -0.15) is 0 Å². The lowest BCUT2D eigenvalue weighted by atomic mass is 10.3. The number of benzene rings is 2. The highest BCUT2D eigenvalue weighted by atomic mass is 35.5. The van der Waals surface area contributed by atoms with Crippen LogP contribution in [0.3, 0.4) is 0 Å². The van der Waals surface area contributed by atoms with E-state index in [1.54, 1.807) is 29.6 Å². The van der Waals surface area contributed by atoms with Gasteiger partial charge in [0.05, 0.1) is 15.7 Å². The Morgan fingerprint density at radius 1 is 0.963 bits per heavy atom. The Hall–Kier alpha value is -1.77. The molecule has 140 valence electrons. The Morgan fingerprint density at radius 3 is 2.30 bits per heavy atom. The van der Waals surface area contributed by atoms with Crippen molar-refractivity contribution in [3.05, 3.63) is 73.9 Å². The molecule has 1 amide bonds. The van der Waals surface area contributed by atoms with Crippen molar-refractivity contribution >= 4 is 73.4 Å². The van der Waals surface area contributed by atoms with Gasteiger partial charge in [-0.25, -0.2) is 8.42 Å². The molecule has 0 aliphatic rings. The summed E-state index contributed by atoms with van der Waals surface area (Å²) < 4.78 is 27.8. The molecule has 0 fully saturated rings. The quantitative estimate of drug-likeness (QED) is 0.507. The number of amides is 1. The van der Waals surface area contributed by atoms with Crippen molar-refractivity contribution in [1.82, 2.24) is 0 Å². The molecule has 0 spiro atoms. The third-order valence-electron chi connectivity index (χ3n) is 3.39. The number of nitrogens with one attached hydrogen (secondary N) is 2. The molecule has 0 saturated heterocycles. The van der Waals surface area contributed by atoms with Crippen molar-refractivity contribution < 1.29 is 13.2 Å². The molecular formula is C17H11Cl3N2O3S2. The monoisotopic (exact) mass is 460 g/mol. The Bertz CT molecular complexity index is 1090. The van der Waals surface area contributed by atoms with E-state index in [0.717, 1.165) is 11.3 Å². The van der Waals surface area contributed by atoms with Gasteiger partial charge in [-0.15, -0.1) is 11.3 Å². The number of hydrogen-bond donors (Lipinski definition) is 2. The summed E-state index contributed by atoms with van der Waals surface area (Å²) >= 11 is 19.0. The first-order chi connectivity index (χ1) is 12.8. The molecular weight excluding hydrogens is 451 g/mol. The summed E-state index contributed by atoms with van der Waals surface area (Å²) in [4.78, 5) is 12.5. The predicted octanol–water partition coefficient (Wildman–Crippen LogP) is 5.76. The van der Waals surface area contributed by atoms with Crippen LogP contribution >= 0.6 is 46.1 Å². The van der Waals surface area contributed by atoms with E-state index in [4.69, 9.17) is 34.8 Å². The fourth-order valence-electron chi connectivity index (χ4n) is 2.25. The van der Waals surface area contributed by atoms with Gasteiger partial charge < -0.3 is 5.32 Å². The van der Waals surface area contributed by atoms with Gasteiger partial charge in [-0.05, 0) is 41.8 Å². The minimum absolute atomic E-state index is 0.0184. The van der Waals surface area contributed by atoms with Crippen molar-refractivity contribution in [3.63, 3.8) is 0 Å². The van der Waals surface area contributed by atoms with E-state index in [1.165, 1.54) is 24.3 Å². The van der Waals surface area contributed by atoms with Gasteiger partial charge in [-0.1, -0.05) is 46.9 Å². The summed E-state index contributed by atoms with van der Waals surface area (Å²) in [5, 5.41) is 4.70. The van der Waals surface area contributed by atoms with Gasteiger partial charge in [0, 0.05) is 10.7 Å². The van der Waals surface area contributed by atoms with Crippen molar-refractivity contribution in [2.24, 2.45) is 0 Å². The Labute approximate surface area is 174 Å². The van der Waals surface area contributed by atoms with Gasteiger partial charge in [0.2, 0.25) is 0 Å². The number of carbonyl (C=O) groups excluding carboxylic acids is 1. The molecule has 0 atom stereocenters. The van der Waals surface area contributed by atoms with E-state index in [2.05, 4.69) is 10.0 Å². The highest BCUT2D eigenvalue weighted by Crippen LogP contribution is 2.32. The molecule has 27 heavy (non-hydrogen) atoms. The van der Waals surface area contributed by atoms with Crippen LogP contribution in [0.25, 0.3) is 0 Å². The molecule has 1 aromatic heterocycles. The lowest BCUT2D eigenvalue weighted by Gasteiger charge is -2.11. The maximum Gasteiger partial charge on any atom is 0.267 e. The van der Waals surface area contributed by atoms with E-state index in [0.29, 0.717) is 10.7 Å². The molecule has 2 aromatic carbocycles. The summed E-state index contributed by atoms with van der Waals surface area (Å²) in [6, 6.07) is 12.5. The zero-order valence-corrected chi connectivity index (χ0v) is 17.3. The van der Waals surface area contributed by atoms with Crippen LogP contribution < -0.4 is 10.0 Å². The van der Waals surface area contributed by atoms with Gasteiger partial charge in [0.15, 0.2) is 0 Å². The molecule has 0 aliphatic carbocycles. The van der Waals surface area contributed by atoms with Crippen LogP contribution in [0.5, 0.6) is 0 Å². The van der Waals surface area contributed by atoms with E-state index >= 15 is 0 Å². The maximum absolute atomic E-state index is 12.7. The standard InChI is InChI=1S/C17H11Cl3N2O3S2/c18-10-3-1-4-11(9-10)21-17(23)15-14(7-8-26-15)22-27(24,25)16-12(19)5-2-6-13(16)20/h1-9,22H,(H,21,23). The molecule has 0 unspecified atom stereocenters. The second-order valence-electron chi connectivity index (χ2n) is 5.28. The Kier molecular flexibility index (Phi) is 5.98.